The van der Waals surface area contributed by atoms with E-state index >= 15 is 0 Å². The van der Waals surface area contributed by atoms with E-state index in [1.54, 1.807) is 43.4 Å². The number of amides is 1. The largest absolute Gasteiger partial charge is 0.478 e. The maximum atomic E-state index is 12.1. The highest BCUT2D eigenvalue weighted by Crippen LogP contribution is 2.15. The van der Waals surface area contributed by atoms with Crippen LogP contribution in [0.1, 0.15) is 48.7 Å². The number of rotatable bonds is 6. The molecule has 14 nitrogen and oxygen atoms in total. The van der Waals surface area contributed by atoms with Crippen LogP contribution >= 0.6 is 0 Å². The van der Waals surface area contributed by atoms with E-state index in [-0.39, 0.29) is 17.1 Å². The summed E-state index contributed by atoms with van der Waals surface area (Å²) in [5.41, 5.74) is 11.5. The number of nitrogens with two attached hydrogens (primary N) is 2. The molecule has 2 heterocycles. The number of carboxylic acid groups (broad SMARTS) is 2. The van der Waals surface area contributed by atoms with Gasteiger partial charge in [0, 0.05) is 53.6 Å². The van der Waals surface area contributed by atoms with Crippen molar-refractivity contribution >= 4 is 46.4 Å². The first-order valence-electron chi connectivity index (χ1n) is 11.8. The number of carbonyl (C=O) groups is 4. The molecule has 0 saturated heterocycles. The SMILES string of the molecule is CNc1cccc(NC(=O)c2cc(C(C)=O)cc(=O)o2)c1.Nc1cccc(N)c1.O=C(O)c1cc(C(=O)O)oc(=O)c1. The number of hydrogen-bond donors (Lipinski definition) is 6. The quantitative estimate of drug-likeness (QED) is 0.142. The third-order valence-electron chi connectivity index (χ3n) is 4.95. The molecule has 2 aromatic carbocycles. The lowest BCUT2D eigenvalue weighted by Crippen LogP contribution is -2.16. The van der Waals surface area contributed by atoms with Gasteiger partial charge >= 0.3 is 23.2 Å². The van der Waals surface area contributed by atoms with Gasteiger partial charge in [0.25, 0.3) is 5.91 Å². The lowest BCUT2D eigenvalue weighted by Gasteiger charge is -2.07. The van der Waals surface area contributed by atoms with Gasteiger partial charge in [0.1, 0.15) is 0 Å². The molecule has 0 bridgehead atoms. The summed E-state index contributed by atoms with van der Waals surface area (Å²) in [5, 5.41) is 22.4. The van der Waals surface area contributed by atoms with Gasteiger partial charge < -0.3 is 41.1 Å². The molecule has 0 radical (unpaired) electrons. The summed E-state index contributed by atoms with van der Waals surface area (Å²) in [4.78, 5) is 66.0. The minimum Gasteiger partial charge on any atom is -0.478 e. The van der Waals surface area contributed by atoms with Gasteiger partial charge in [-0.25, -0.2) is 19.2 Å². The number of anilines is 4. The molecule has 2 aromatic heterocycles. The highest BCUT2D eigenvalue weighted by atomic mass is 16.4. The summed E-state index contributed by atoms with van der Waals surface area (Å²) in [5.74, 6) is -4.67. The molecule has 14 heteroatoms. The van der Waals surface area contributed by atoms with E-state index in [2.05, 4.69) is 15.1 Å². The van der Waals surface area contributed by atoms with Crippen LogP contribution in [0.3, 0.4) is 0 Å². The first kappa shape index (κ1) is 32.0. The standard InChI is InChI=1S/C15H14N2O4.C7H4O6.C6H8N2/c1-9(18)10-6-13(21-14(19)7-10)15(20)17-12-5-3-4-11(8-12)16-2;8-5-2-3(6(9)10)1-4(13-5)7(11)12;7-5-2-1-3-6(8)4-5/h3-8,16H,1-2H3,(H,17,20);1-2H,(H,9,10)(H,11,12);1-4H,7-8H2. The summed E-state index contributed by atoms with van der Waals surface area (Å²) in [7, 11) is 1.76. The number of Topliss-reactive ketones (excluding diaryl/α,β-unsaturated/α-hetero) is 1. The van der Waals surface area contributed by atoms with Gasteiger partial charge in [-0.15, -0.1) is 0 Å². The van der Waals surface area contributed by atoms with Gasteiger partial charge in [-0.05, 0) is 49.4 Å². The summed E-state index contributed by atoms with van der Waals surface area (Å²) < 4.78 is 9.03. The molecular weight excluding hydrogens is 552 g/mol. The third kappa shape index (κ3) is 10.2. The lowest BCUT2D eigenvalue weighted by atomic mass is 10.2. The van der Waals surface area contributed by atoms with Crippen LogP contribution in [0.5, 0.6) is 0 Å². The van der Waals surface area contributed by atoms with E-state index in [1.165, 1.54) is 13.0 Å². The topological polar surface area (TPSA) is 245 Å². The number of ketones is 1. The molecule has 0 spiro atoms. The fraction of sp³-hybridized carbons (Fsp3) is 0.0714. The van der Waals surface area contributed by atoms with Crippen LogP contribution in [0.15, 0.2) is 91.2 Å². The molecule has 8 N–H and O–H groups in total. The van der Waals surface area contributed by atoms with Crippen molar-refractivity contribution < 1.29 is 38.2 Å². The maximum Gasteiger partial charge on any atom is 0.371 e. The van der Waals surface area contributed by atoms with Crippen LogP contribution in [-0.2, 0) is 0 Å². The second-order valence-electron chi connectivity index (χ2n) is 8.18. The van der Waals surface area contributed by atoms with Gasteiger partial charge in [-0.1, -0.05) is 12.1 Å². The Balaban J connectivity index is 0.000000248. The van der Waals surface area contributed by atoms with Crippen LogP contribution in [-0.4, -0.2) is 40.9 Å². The molecule has 0 atom stereocenters. The van der Waals surface area contributed by atoms with Gasteiger partial charge in [0.2, 0.25) is 5.76 Å². The smallest absolute Gasteiger partial charge is 0.371 e. The zero-order valence-corrected chi connectivity index (χ0v) is 22.2. The average molecular weight is 579 g/mol. The maximum absolute atomic E-state index is 12.1. The molecule has 0 aliphatic heterocycles. The van der Waals surface area contributed by atoms with E-state index in [0.717, 1.165) is 17.8 Å². The number of hydrogen-bond acceptors (Lipinski definition) is 11. The molecule has 0 saturated carbocycles. The van der Waals surface area contributed by atoms with Crippen molar-refractivity contribution in [3.63, 3.8) is 0 Å². The number of carboxylic acids is 2. The first-order valence-corrected chi connectivity index (χ1v) is 11.8. The number of nitrogen functional groups attached to an aromatic ring is 2. The summed E-state index contributed by atoms with van der Waals surface area (Å²) >= 11 is 0. The number of aromatic carboxylic acids is 2. The van der Waals surface area contributed by atoms with Crippen LogP contribution in [0.25, 0.3) is 0 Å². The summed E-state index contributed by atoms with van der Waals surface area (Å²) in [6, 6.07) is 18.0. The minimum atomic E-state index is -1.49. The predicted octanol–water partition coefficient (Wildman–Crippen LogP) is 3.02. The van der Waals surface area contributed by atoms with Crippen molar-refractivity contribution in [2.24, 2.45) is 0 Å². The predicted molar refractivity (Wildman–Crippen MR) is 153 cm³/mol. The zero-order valence-electron chi connectivity index (χ0n) is 22.2. The second-order valence-corrected chi connectivity index (χ2v) is 8.18. The second kappa shape index (κ2) is 14.8. The normalized spacial score (nSPS) is 9.67. The van der Waals surface area contributed by atoms with Crippen LogP contribution in [0.2, 0.25) is 0 Å². The Morgan fingerprint density at radius 2 is 1.21 bits per heavy atom. The summed E-state index contributed by atoms with van der Waals surface area (Å²) in [6.45, 7) is 1.31. The van der Waals surface area contributed by atoms with Crippen molar-refractivity contribution in [2.75, 3.05) is 29.1 Å². The lowest BCUT2D eigenvalue weighted by molar-refractivity contribution is 0.0655. The molecule has 0 aliphatic rings. The van der Waals surface area contributed by atoms with E-state index in [4.69, 9.17) is 26.1 Å². The van der Waals surface area contributed by atoms with E-state index < -0.39 is 40.4 Å². The fourth-order valence-corrected chi connectivity index (χ4v) is 3.00. The van der Waals surface area contributed by atoms with Gasteiger partial charge in [-0.2, -0.15) is 0 Å². The van der Waals surface area contributed by atoms with Crippen LogP contribution in [0, 0.1) is 0 Å². The van der Waals surface area contributed by atoms with Crippen molar-refractivity contribution in [2.45, 2.75) is 6.92 Å². The molecule has 0 aliphatic carbocycles. The molecule has 1 amide bonds. The number of carbonyl (C=O) groups excluding carboxylic acids is 2. The minimum absolute atomic E-state index is 0.139. The molecule has 4 rings (SSSR count). The van der Waals surface area contributed by atoms with Crippen molar-refractivity contribution in [3.8, 4) is 0 Å². The molecule has 42 heavy (non-hydrogen) atoms. The Morgan fingerprint density at radius 3 is 1.71 bits per heavy atom. The molecule has 218 valence electrons. The Morgan fingerprint density at radius 1 is 0.690 bits per heavy atom. The van der Waals surface area contributed by atoms with Crippen molar-refractivity contribution in [3.05, 3.63) is 116 Å². The Bertz CT molecular complexity index is 1670. The first-order chi connectivity index (χ1) is 19.8. The Labute approximate surface area is 237 Å². The van der Waals surface area contributed by atoms with Gasteiger partial charge in [0.05, 0.1) is 5.56 Å². The van der Waals surface area contributed by atoms with Crippen LogP contribution in [0.4, 0.5) is 22.7 Å². The van der Waals surface area contributed by atoms with Gasteiger partial charge in [-0.3, -0.25) is 9.59 Å². The fourth-order valence-electron chi connectivity index (χ4n) is 3.00. The zero-order chi connectivity index (χ0) is 31.4. The van der Waals surface area contributed by atoms with Crippen LogP contribution < -0.4 is 33.4 Å². The highest BCUT2D eigenvalue weighted by molar-refractivity contribution is 6.04. The van der Waals surface area contributed by atoms with E-state index in [0.29, 0.717) is 23.1 Å². The van der Waals surface area contributed by atoms with Crippen molar-refractivity contribution in [1.29, 1.82) is 0 Å². The monoisotopic (exact) mass is 578 g/mol. The average Bonchev–Trinajstić information content (AvgIpc) is 2.93. The van der Waals surface area contributed by atoms with Gasteiger partial charge in [0.15, 0.2) is 11.5 Å². The number of benzene rings is 2. The van der Waals surface area contributed by atoms with E-state index in [1.807, 2.05) is 12.1 Å². The highest BCUT2D eigenvalue weighted by Gasteiger charge is 2.14. The Hall–Kier alpha value is -6.18. The molecule has 0 fully saturated rings. The third-order valence-corrected chi connectivity index (χ3v) is 4.95. The summed E-state index contributed by atoms with van der Waals surface area (Å²) in [6.07, 6.45) is 0. The van der Waals surface area contributed by atoms with Crippen molar-refractivity contribution in [1.82, 2.24) is 0 Å². The van der Waals surface area contributed by atoms with E-state index in [9.17, 15) is 28.8 Å². The molecule has 4 aromatic rings. The molecule has 0 unspecified atom stereocenters. The Kier molecular flexibility index (Phi) is 11.3. The number of nitrogens with one attached hydrogen (secondary N) is 2. The molecular formula is C28H26N4O10.